The van der Waals surface area contributed by atoms with E-state index in [4.69, 9.17) is 5.26 Å². The summed E-state index contributed by atoms with van der Waals surface area (Å²) in [6, 6.07) is 21.0. The van der Waals surface area contributed by atoms with E-state index in [1.807, 2.05) is 53.4 Å². The maximum atomic E-state index is 13.5. The van der Waals surface area contributed by atoms with Gasteiger partial charge >= 0.3 is 0 Å². The van der Waals surface area contributed by atoms with Crippen LogP contribution >= 0.6 is 0 Å². The highest BCUT2D eigenvalue weighted by atomic mass is 16.2. The van der Waals surface area contributed by atoms with E-state index < -0.39 is 0 Å². The predicted molar refractivity (Wildman–Crippen MR) is 104 cm³/mol. The molecule has 2 aromatic carbocycles. The van der Waals surface area contributed by atoms with Crippen molar-refractivity contribution in [1.29, 1.82) is 5.26 Å². The second-order valence-corrected chi connectivity index (χ2v) is 8.13. The van der Waals surface area contributed by atoms with E-state index >= 15 is 0 Å². The Morgan fingerprint density at radius 1 is 1.11 bits per heavy atom. The van der Waals surface area contributed by atoms with E-state index in [0.717, 1.165) is 38.0 Å². The number of carbonyl (C=O) groups excluding carboxylic acids is 1. The minimum absolute atomic E-state index is 0.217. The second kappa shape index (κ2) is 6.21. The Balaban J connectivity index is 1.40. The molecule has 3 heterocycles. The van der Waals surface area contributed by atoms with Crippen molar-refractivity contribution in [3.63, 3.8) is 0 Å². The average molecular weight is 357 g/mol. The minimum Gasteiger partial charge on any atom is -0.312 e. The fraction of sp³-hybridized carbons (Fsp3) is 0.391. The Bertz CT molecular complexity index is 919. The Kier molecular flexibility index (Phi) is 3.80. The summed E-state index contributed by atoms with van der Waals surface area (Å²) in [7, 11) is 0. The molecule has 2 bridgehead atoms. The third-order valence-electron chi connectivity index (χ3n) is 6.82. The van der Waals surface area contributed by atoms with Gasteiger partial charge in [-0.1, -0.05) is 30.3 Å². The van der Waals surface area contributed by atoms with Crippen molar-refractivity contribution in [3.05, 3.63) is 65.7 Å². The summed E-state index contributed by atoms with van der Waals surface area (Å²) < 4.78 is 0. The van der Waals surface area contributed by atoms with Gasteiger partial charge in [0.25, 0.3) is 0 Å². The first-order valence-corrected chi connectivity index (χ1v) is 9.83. The lowest BCUT2D eigenvalue weighted by molar-refractivity contribution is -0.127. The van der Waals surface area contributed by atoms with Gasteiger partial charge in [-0.15, -0.1) is 0 Å². The molecule has 0 saturated carbocycles. The average Bonchev–Trinajstić information content (AvgIpc) is 3.34. The molecule has 0 radical (unpaired) electrons. The molecule has 0 aromatic heterocycles. The smallest absolute Gasteiger partial charge is 0.234 e. The highest BCUT2D eigenvalue weighted by molar-refractivity contribution is 6.00. The van der Waals surface area contributed by atoms with Crippen molar-refractivity contribution in [2.24, 2.45) is 5.41 Å². The number of rotatable bonds is 3. The molecular formula is C23H23N3O. The molecule has 3 unspecified atom stereocenters. The van der Waals surface area contributed by atoms with E-state index in [1.165, 1.54) is 12.0 Å². The predicted octanol–water partition coefficient (Wildman–Crippen LogP) is 3.72. The van der Waals surface area contributed by atoms with Gasteiger partial charge in [-0.25, -0.2) is 0 Å². The van der Waals surface area contributed by atoms with Gasteiger partial charge in [0.1, 0.15) is 0 Å². The lowest BCUT2D eigenvalue weighted by atomic mass is 9.72. The summed E-state index contributed by atoms with van der Waals surface area (Å²) in [5.74, 6) is 0.316. The van der Waals surface area contributed by atoms with Gasteiger partial charge in [-0.2, -0.15) is 5.26 Å². The monoisotopic (exact) mass is 357 g/mol. The Morgan fingerprint density at radius 2 is 1.96 bits per heavy atom. The van der Waals surface area contributed by atoms with Crippen molar-refractivity contribution in [2.45, 2.75) is 44.3 Å². The molecule has 27 heavy (non-hydrogen) atoms. The number of hydrogen-bond acceptors (Lipinski definition) is 3. The van der Waals surface area contributed by atoms with Crippen molar-refractivity contribution in [1.82, 2.24) is 4.90 Å². The van der Waals surface area contributed by atoms with Crippen LogP contribution in [0.15, 0.2) is 54.6 Å². The topological polar surface area (TPSA) is 47.3 Å². The largest absolute Gasteiger partial charge is 0.312 e. The molecule has 3 atom stereocenters. The first kappa shape index (κ1) is 16.5. The van der Waals surface area contributed by atoms with Crippen LogP contribution in [0.4, 0.5) is 5.69 Å². The SMILES string of the molecule is N#Cc1cccc(CN2C3CCC2C2(CCN(c4ccccc4)C2=O)C3)c1. The van der Waals surface area contributed by atoms with Gasteiger partial charge in [0, 0.05) is 30.9 Å². The summed E-state index contributed by atoms with van der Waals surface area (Å²) >= 11 is 0. The van der Waals surface area contributed by atoms with Crippen molar-refractivity contribution in [3.8, 4) is 6.07 Å². The molecule has 4 nitrogen and oxygen atoms in total. The van der Waals surface area contributed by atoms with Crippen LogP contribution in [0.3, 0.4) is 0 Å². The Morgan fingerprint density at radius 3 is 2.78 bits per heavy atom. The maximum absolute atomic E-state index is 13.5. The van der Waals surface area contributed by atoms with Crippen LogP contribution in [0, 0.1) is 16.7 Å². The van der Waals surface area contributed by atoms with Gasteiger partial charge in [0.2, 0.25) is 5.91 Å². The summed E-state index contributed by atoms with van der Waals surface area (Å²) in [5.41, 5.74) is 2.69. The van der Waals surface area contributed by atoms with E-state index in [1.54, 1.807) is 0 Å². The van der Waals surface area contributed by atoms with Crippen molar-refractivity contribution in [2.75, 3.05) is 11.4 Å². The standard InChI is InChI=1S/C23H23N3O/c24-15-17-5-4-6-18(13-17)16-26-20-9-10-21(26)23(14-20)11-12-25(22(23)27)19-7-2-1-3-8-19/h1-8,13,20-21H,9-12,14,16H2. The van der Waals surface area contributed by atoms with Crippen LogP contribution in [-0.2, 0) is 11.3 Å². The zero-order chi connectivity index (χ0) is 18.4. The summed E-state index contributed by atoms with van der Waals surface area (Å²) in [4.78, 5) is 18.0. The van der Waals surface area contributed by atoms with E-state index in [-0.39, 0.29) is 5.41 Å². The van der Waals surface area contributed by atoms with Gasteiger partial charge in [0.05, 0.1) is 17.0 Å². The molecular weight excluding hydrogens is 334 g/mol. The molecule has 5 rings (SSSR count). The lowest BCUT2D eigenvalue weighted by Gasteiger charge is -2.32. The molecule has 136 valence electrons. The quantitative estimate of drug-likeness (QED) is 0.841. The van der Waals surface area contributed by atoms with E-state index in [9.17, 15) is 4.79 Å². The Labute approximate surface area is 160 Å². The highest BCUT2D eigenvalue weighted by Crippen LogP contribution is 2.55. The molecule has 0 N–H and O–H groups in total. The molecule has 1 spiro atoms. The van der Waals surface area contributed by atoms with Crippen molar-refractivity contribution >= 4 is 11.6 Å². The maximum Gasteiger partial charge on any atom is 0.234 e. The van der Waals surface area contributed by atoms with E-state index in [0.29, 0.717) is 23.6 Å². The van der Waals surface area contributed by atoms with Crippen LogP contribution < -0.4 is 4.90 Å². The summed E-state index contributed by atoms with van der Waals surface area (Å²) in [5, 5.41) is 9.17. The number of amides is 1. The molecule has 3 fully saturated rings. The van der Waals surface area contributed by atoms with E-state index in [2.05, 4.69) is 17.0 Å². The number of hydrogen-bond donors (Lipinski definition) is 0. The number of nitrogens with zero attached hydrogens (tertiary/aromatic N) is 3. The lowest BCUT2D eigenvalue weighted by Crippen LogP contribution is -2.43. The zero-order valence-corrected chi connectivity index (χ0v) is 15.3. The normalized spacial score (nSPS) is 29.6. The molecule has 3 aliphatic heterocycles. The minimum atomic E-state index is -0.217. The second-order valence-electron chi connectivity index (χ2n) is 8.13. The van der Waals surface area contributed by atoms with Crippen LogP contribution in [0.2, 0.25) is 0 Å². The van der Waals surface area contributed by atoms with Gasteiger partial charge in [-0.3, -0.25) is 9.69 Å². The van der Waals surface area contributed by atoms with Crippen LogP contribution in [0.25, 0.3) is 0 Å². The summed E-state index contributed by atoms with van der Waals surface area (Å²) in [6.07, 6.45) is 4.23. The van der Waals surface area contributed by atoms with Gasteiger partial charge < -0.3 is 4.90 Å². The fourth-order valence-corrected chi connectivity index (χ4v) is 5.64. The van der Waals surface area contributed by atoms with Crippen LogP contribution in [0.5, 0.6) is 0 Å². The molecule has 0 aliphatic carbocycles. The van der Waals surface area contributed by atoms with Crippen LogP contribution in [-0.4, -0.2) is 29.4 Å². The fourth-order valence-electron chi connectivity index (χ4n) is 5.64. The first-order chi connectivity index (χ1) is 13.2. The number of para-hydroxylation sites is 1. The van der Waals surface area contributed by atoms with Crippen LogP contribution in [0.1, 0.15) is 36.8 Å². The molecule has 1 amide bonds. The van der Waals surface area contributed by atoms with Gasteiger partial charge in [-0.05, 0) is 55.5 Å². The zero-order valence-electron chi connectivity index (χ0n) is 15.3. The number of nitriles is 1. The first-order valence-electron chi connectivity index (χ1n) is 9.83. The summed E-state index contributed by atoms with van der Waals surface area (Å²) in [6.45, 7) is 1.66. The highest BCUT2D eigenvalue weighted by Gasteiger charge is 2.62. The Hall–Kier alpha value is -2.64. The third-order valence-corrected chi connectivity index (χ3v) is 6.82. The molecule has 3 saturated heterocycles. The number of anilines is 1. The van der Waals surface area contributed by atoms with Crippen molar-refractivity contribution < 1.29 is 4.79 Å². The third kappa shape index (κ3) is 2.49. The molecule has 4 heteroatoms. The number of benzene rings is 2. The number of fused-ring (bicyclic) bond motifs is 3. The van der Waals surface area contributed by atoms with Gasteiger partial charge in [0.15, 0.2) is 0 Å². The molecule has 2 aromatic rings. The number of carbonyl (C=O) groups is 1. The molecule has 3 aliphatic rings.